The molecule has 0 saturated heterocycles. The average Bonchev–Trinajstić information content (AvgIpc) is 2.27. The van der Waals surface area contributed by atoms with E-state index in [1.165, 1.54) is 25.7 Å². The molecule has 0 aromatic heterocycles. The summed E-state index contributed by atoms with van der Waals surface area (Å²) < 4.78 is 0. The van der Waals surface area contributed by atoms with Gasteiger partial charge in [0.1, 0.15) is 0 Å². The van der Waals surface area contributed by atoms with Crippen LogP contribution in [0.3, 0.4) is 0 Å². The van der Waals surface area contributed by atoms with Crippen LogP contribution in [0.1, 0.15) is 43.0 Å². The zero-order chi connectivity index (χ0) is 13.2. The molecule has 4 heteroatoms. The van der Waals surface area contributed by atoms with E-state index in [9.17, 15) is 4.79 Å². The number of nitrogen functional groups attached to an aromatic ring is 1. The van der Waals surface area contributed by atoms with Crippen LogP contribution in [-0.4, -0.2) is 17.6 Å². The predicted octanol–water partition coefficient (Wildman–Crippen LogP) is 2.96. The number of nitrogens with one attached hydrogen (secondary N) is 1. The number of carboxylic acid groups (broad SMARTS) is 1. The van der Waals surface area contributed by atoms with E-state index in [2.05, 4.69) is 12.2 Å². The van der Waals surface area contributed by atoms with Crippen LogP contribution in [0.4, 0.5) is 11.4 Å². The summed E-state index contributed by atoms with van der Waals surface area (Å²) in [6.45, 7) is 3.16. The maximum atomic E-state index is 10.9. The Bertz CT molecular complexity index is 448. The molecule has 1 aromatic rings. The van der Waals surface area contributed by atoms with Crippen LogP contribution >= 0.6 is 0 Å². The number of hydrogen-bond donors (Lipinski definition) is 3. The summed E-state index contributed by atoms with van der Waals surface area (Å²) in [5.74, 6) is -0.983. The van der Waals surface area contributed by atoms with Crippen molar-refractivity contribution in [3.8, 4) is 0 Å². The lowest BCUT2D eigenvalue weighted by atomic mass is 9.67. The average molecular weight is 248 g/mol. The molecule has 18 heavy (non-hydrogen) atoms. The number of anilines is 2. The molecule has 1 fully saturated rings. The maximum Gasteiger partial charge on any atom is 0.337 e. The molecule has 1 saturated carbocycles. The van der Waals surface area contributed by atoms with E-state index < -0.39 is 5.97 Å². The standard InChI is InChI=1S/C14H20N2O2/c1-2-14(6-3-7-14)9-16-10-4-5-11(13(17)18)12(15)8-10/h4-5,8,16H,2-3,6-7,9,15H2,1H3,(H,17,18). The van der Waals surface area contributed by atoms with Crippen molar-refractivity contribution in [1.82, 2.24) is 0 Å². The van der Waals surface area contributed by atoms with Gasteiger partial charge in [0.05, 0.1) is 5.56 Å². The summed E-state index contributed by atoms with van der Waals surface area (Å²) in [5, 5.41) is 12.3. The second-order valence-electron chi connectivity index (χ2n) is 5.17. The number of rotatable bonds is 5. The first kappa shape index (κ1) is 12.7. The van der Waals surface area contributed by atoms with Gasteiger partial charge in [0.25, 0.3) is 0 Å². The smallest absolute Gasteiger partial charge is 0.337 e. The highest BCUT2D eigenvalue weighted by atomic mass is 16.4. The van der Waals surface area contributed by atoms with Crippen LogP contribution in [0.15, 0.2) is 18.2 Å². The van der Waals surface area contributed by atoms with E-state index in [1.54, 1.807) is 18.2 Å². The Balaban J connectivity index is 2.02. The molecule has 0 aliphatic heterocycles. The van der Waals surface area contributed by atoms with Crippen molar-refractivity contribution in [2.24, 2.45) is 5.41 Å². The van der Waals surface area contributed by atoms with Gasteiger partial charge in [-0.15, -0.1) is 0 Å². The minimum atomic E-state index is -0.983. The Labute approximate surface area is 107 Å². The third-order valence-corrected chi connectivity index (χ3v) is 4.11. The molecule has 0 amide bonds. The van der Waals surface area contributed by atoms with Gasteiger partial charge in [-0.05, 0) is 42.9 Å². The largest absolute Gasteiger partial charge is 0.478 e. The van der Waals surface area contributed by atoms with E-state index in [1.807, 2.05) is 0 Å². The first-order valence-corrected chi connectivity index (χ1v) is 6.43. The summed E-state index contributed by atoms with van der Waals surface area (Å²) in [7, 11) is 0. The fourth-order valence-electron chi connectivity index (χ4n) is 2.49. The molecule has 0 spiro atoms. The fourth-order valence-corrected chi connectivity index (χ4v) is 2.49. The number of carboxylic acids is 1. The maximum absolute atomic E-state index is 10.9. The molecule has 0 radical (unpaired) electrons. The molecule has 4 nitrogen and oxygen atoms in total. The van der Waals surface area contributed by atoms with Gasteiger partial charge in [0.15, 0.2) is 0 Å². The quantitative estimate of drug-likeness (QED) is 0.700. The van der Waals surface area contributed by atoms with E-state index in [0.29, 0.717) is 11.1 Å². The van der Waals surface area contributed by atoms with Crippen molar-refractivity contribution in [3.63, 3.8) is 0 Å². The van der Waals surface area contributed by atoms with Crippen LogP contribution in [0, 0.1) is 5.41 Å². The molecule has 0 heterocycles. The highest BCUT2D eigenvalue weighted by molar-refractivity contribution is 5.94. The van der Waals surface area contributed by atoms with Gasteiger partial charge in [-0.2, -0.15) is 0 Å². The van der Waals surface area contributed by atoms with Gasteiger partial charge >= 0.3 is 5.97 Å². The van der Waals surface area contributed by atoms with Crippen LogP contribution in [0.25, 0.3) is 0 Å². The molecule has 0 unspecified atom stereocenters. The highest BCUT2D eigenvalue weighted by Crippen LogP contribution is 2.43. The topological polar surface area (TPSA) is 75.3 Å². The van der Waals surface area contributed by atoms with Crippen molar-refractivity contribution < 1.29 is 9.90 Å². The van der Waals surface area contributed by atoms with Gasteiger partial charge in [0.2, 0.25) is 0 Å². The number of nitrogens with two attached hydrogens (primary N) is 1. The lowest BCUT2D eigenvalue weighted by Gasteiger charge is -2.41. The highest BCUT2D eigenvalue weighted by Gasteiger charge is 2.34. The van der Waals surface area contributed by atoms with Crippen LogP contribution < -0.4 is 11.1 Å². The minimum Gasteiger partial charge on any atom is -0.478 e. The summed E-state index contributed by atoms with van der Waals surface area (Å²) in [6, 6.07) is 5.03. The molecular weight excluding hydrogens is 228 g/mol. The Hall–Kier alpha value is -1.71. The van der Waals surface area contributed by atoms with E-state index in [4.69, 9.17) is 10.8 Å². The van der Waals surface area contributed by atoms with Crippen LogP contribution in [-0.2, 0) is 0 Å². The molecule has 4 N–H and O–H groups in total. The number of hydrogen-bond acceptors (Lipinski definition) is 3. The molecule has 2 rings (SSSR count). The third kappa shape index (κ3) is 2.42. The normalized spacial score (nSPS) is 16.9. The third-order valence-electron chi connectivity index (χ3n) is 4.11. The molecular formula is C14H20N2O2. The SMILES string of the molecule is CCC1(CNc2ccc(C(=O)O)c(N)c2)CCC1. The van der Waals surface area contributed by atoms with E-state index in [-0.39, 0.29) is 5.56 Å². The molecule has 98 valence electrons. The Morgan fingerprint density at radius 2 is 2.22 bits per heavy atom. The molecule has 0 bridgehead atoms. The van der Waals surface area contributed by atoms with Gasteiger partial charge < -0.3 is 16.2 Å². The summed E-state index contributed by atoms with van der Waals surface area (Å²) in [4.78, 5) is 10.9. The van der Waals surface area contributed by atoms with Crippen molar-refractivity contribution in [2.45, 2.75) is 32.6 Å². The van der Waals surface area contributed by atoms with Gasteiger partial charge in [-0.25, -0.2) is 4.79 Å². The first-order chi connectivity index (χ1) is 8.56. The van der Waals surface area contributed by atoms with Crippen molar-refractivity contribution in [3.05, 3.63) is 23.8 Å². The van der Waals surface area contributed by atoms with Gasteiger partial charge in [-0.1, -0.05) is 13.3 Å². The second-order valence-corrected chi connectivity index (χ2v) is 5.17. The molecule has 1 aliphatic carbocycles. The van der Waals surface area contributed by atoms with Crippen molar-refractivity contribution in [2.75, 3.05) is 17.6 Å². The number of carbonyl (C=O) groups is 1. The summed E-state index contributed by atoms with van der Waals surface area (Å²) in [5.41, 5.74) is 7.52. The van der Waals surface area contributed by atoms with Gasteiger partial charge in [-0.3, -0.25) is 0 Å². The molecule has 1 aliphatic rings. The minimum absolute atomic E-state index is 0.161. The molecule has 1 aromatic carbocycles. The second kappa shape index (κ2) is 4.88. The monoisotopic (exact) mass is 248 g/mol. The zero-order valence-corrected chi connectivity index (χ0v) is 10.7. The Kier molecular flexibility index (Phi) is 3.45. The fraction of sp³-hybridized carbons (Fsp3) is 0.500. The summed E-state index contributed by atoms with van der Waals surface area (Å²) >= 11 is 0. The van der Waals surface area contributed by atoms with E-state index in [0.717, 1.165) is 12.2 Å². The van der Waals surface area contributed by atoms with Crippen molar-refractivity contribution >= 4 is 17.3 Å². The lowest BCUT2D eigenvalue weighted by molar-refractivity contribution is 0.0698. The zero-order valence-electron chi connectivity index (χ0n) is 10.7. The summed E-state index contributed by atoms with van der Waals surface area (Å²) in [6.07, 6.45) is 5.05. The number of benzene rings is 1. The Morgan fingerprint density at radius 3 is 2.67 bits per heavy atom. The number of aromatic carboxylic acids is 1. The predicted molar refractivity (Wildman–Crippen MR) is 72.9 cm³/mol. The van der Waals surface area contributed by atoms with E-state index >= 15 is 0 Å². The Morgan fingerprint density at radius 1 is 1.50 bits per heavy atom. The van der Waals surface area contributed by atoms with Crippen LogP contribution in [0.2, 0.25) is 0 Å². The van der Waals surface area contributed by atoms with Gasteiger partial charge in [0, 0.05) is 17.9 Å². The van der Waals surface area contributed by atoms with Crippen LogP contribution in [0.5, 0.6) is 0 Å². The molecule has 0 atom stereocenters. The lowest BCUT2D eigenvalue weighted by Crippen LogP contribution is -2.35. The van der Waals surface area contributed by atoms with Crippen molar-refractivity contribution in [1.29, 1.82) is 0 Å². The first-order valence-electron chi connectivity index (χ1n) is 6.43.